The summed E-state index contributed by atoms with van der Waals surface area (Å²) in [6.07, 6.45) is 0. The Morgan fingerprint density at radius 2 is 1.79 bits per heavy atom. The van der Waals surface area contributed by atoms with Gasteiger partial charge in [-0.15, -0.1) is 0 Å². The SMILES string of the molecule is Cc1cc(OCn2nc(C)c(N)c2C)cc(C)c1Cl. The minimum absolute atomic E-state index is 0.338. The maximum absolute atomic E-state index is 6.13. The molecule has 1 aromatic heterocycles. The first kappa shape index (κ1) is 13.7. The lowest BCUT2D eigenvalue weighted by Crippen LogP contribution is -2.09. The molecule has 0 amide bonds. The van der Waals surface area contributed by atoms with E-state index in [1.807, 2.05) is 39.8 Å². The van der Waals surface area contributed by atoms with E-state index in [0.29, 0.717) is 12.4 Å². The molecule has 19 heavy (non-hydrogen) atoms. The molecule has 0 bridgehead atoms. The molecule has 0 aliphatic heterocycles. The highest BCUT2D eigenvalue weighted by Crippen LogP contribution is 2.26. The van der Waals surface area contributed by atoms with Gasteiger partial charge in [-0.1, -0.05) is 11.6 Å². The number of halogens is 1. The van der Waals surface area contributed by atoms with Gasteiger partial charge in [0.2, 0.25) is 0 Å². The van der Waals surface area contributed by atoms with Gasteiger partial charge < -0.3 is 10.5 Å². The summed E-state index contributed by atoms with van der Waals surface area (Å²) >= 11 is 6.13. The molecule has 0 atom stereocenters. The third-order valence-corrected chi connectivity index (χ3v) is 3.80. The Morgan fingerprint density at radius 3 is 2.26 bits per heavy atom. The van der Waals surface area contributed by atoms with E-state index in [2.05, 4.69) is 5.10 Å². The van der Waals surface area contributed by atoms with Gasteiger partial charge in [-0.2, -0.15) is 5.10 Å². The van der Waals surface area contributed by atoms with E-state index in [1.54, 1.807) is 4.68 Å². The van der Waals surface area contributed by atoms with Gasteiger partial charge in [-0.05, 0) is 51.0 Å². The summed E-state index contributed by atoms with van der Waals surface area (Å²) in [6.45, 7) is 8.07. The molecule has 2 rings (SSSR count). The van der Waals surface area contributed by atoms with Crippen molar-refractivity contribution in [2.45, 2.75) is 34.4 Å². The highest BCUT2D eigenvalue weighted by Gasteiger charge is 2.09. The van der Waals surface area contributed by atoms with Gasteiger partial charge in [0.05, 0.1) is 17.1 Å². The Morgan fingerprint density at radius 1 is 1.21 bits per heavy atom. The van der Waals surface area contributed by atoms with Gasteiger partial charge in [-0.25, -0.2) is 4.68 Å². The Labute approximate surface area is 118 Å². The van der Waals surface area contributed by atoms with Crippen LogP contribution in [-0.2, 0) is 6.73 Å². The summed E-state index contributed by atoms with van der Waals surface area (Å²) in [4.78, 5) is 0. The number of hydrogen-bond acceptors (Lipinski definition) is 3. The maximum Gasteiger partial charge on any atom is 0.181 e. The van der Waals surface area contributed by atoms with Crippen LogP contribution in [0.15, 0.2) is 12.1 Å². The van der Waals surface area contributed by atoms with Crippen LogP contribution in [0.1, 0.15) is 22.5 Å². The summed E-state index contributed by atoms with van der Waals surface area (Å²) in [6, 6.07) is 3.84. The molecule has 0 aliphatic carbocycles. The zero-order chi connectivity index (χ0) is 14.2. The normalized spacial score (nSPS) is 10.8. The Balaban J connectivity index is 2.17. The monoisotopic (exact) mass is 279 g/mol. The van der Waals surface area contributed by atoms with Gasteiger partial charge in [0.25, 0.3) is 0 Å². The third-order valence-electron chi connectivity index (χ3n) is 3.20. The molecule has 1 heterocycles. The zero-order valence-electron chi connectivity index (χ0n) is 11.6. The summed E-state index contributed by atoms with van der Waals surface area (Å²) in [5.41, 5.74) is 10.3. The summed E-state index contributed by atoms with van der Waals surface area (Å²) in [5, 5.41) is 5.11. The van der Waals surface area contributed by atoms with Crippen LogP contribution < -0.4 is 10.5 Å². The number of nitrogens with two attached hydrogens (primary N) is 1. The quantitative estimate of drug-likeness (QED) is 0.937. The molecule has 5 heteroatoms. The minimum atomic E-state index is 0.338. The Hall–Kier alpha value is -1.68. The number of nitrogens with zero attached hydrogens (tertiary/aromatic N) is 2. The van der Waals surface area contributed by atoms with E-state index in [4.69, 9.17) is 22.1 Å². The van der Waals surface area contributed by atoms with Crippen molar-refractivity contribution < 1.29 is 4.74 Å². The smallest absolute Gasteiger partial charge is 0.181 e. The first-order valence-corrected chi connectivity index (χ1v) is 6.47. The number of benzene rings is 1. The van der Waals surface area contributed by atoms with Gasteiger partial charge in [-0.3, -0.25) is 0 Å². The van der Waals surface area contributed by atoms with Crippen molar-refractivity contribution >= 4 is 17.3 Å². The van der Waals surface area contributed by atoms with Crippen molar-refractivity contribution in [3.8, 4) is 5.75 Å². The van der Waals surface area contributed by atoms with E-state index in [-0.39, 0.29) is 0 Å². The number of anilines is 1. The number of nitrogen functional groups attached to an aromatic ring is 1. The fourth-order valence-corrected chi connectivity index (χ4v) is 2.07. The van der Waals surface area contributed by atoms with E-state index < -0.39 is 0 Å². The predicted molar refractivity (Wildman–Crippen MR) is 77.7 cm³/mol. The van der Waals surface area contributed by atoms with Crippen LogP contribution in [-0.4, -0.2) is 9.78 Å². The van der Waals surface area contributed by atoms with Crippen LogP contribution in [0.3, 0.4) is 0 Å². The first-order chi connectivity index (χ1) is 8.90. The lowest BCUT2D eigenvalue weighted by atomic mass is 10.1. The topological polar surface area (TPSA) is 53.1 Å². The zero-order valence-corrected chi connectivity index (χ0v) is 12.4. The summed E-state index contributed by atoms with van der Waals surface area (Å²) in [7, 11) is 0. The van der Waals surface area contributed by atoms with Crippen molar-refractivity contribution in [3.63, 3.8) is 0 Å². The van der Waals surface area contributed by atoms with Crippen molar-refractivity contribution in [1.82, 2.24) is 9.78 Å². The average molecular weight is 280 g/mol. The largest absolute Gasteiger partial charge is 0.471 e. The number of rotatable bonds is 3. The molecule has 0 spiro atoms. The highest BCUT2D eigenvalue weighted by molar-refractivity contribution is 6.32. The second-order valence-corrected chi connectivity index (χ2v) is 5.11. The molecule has 0 unspecified atom stereocenters. The van der Waals surface area contributed by atoms with E-state index >= 15 is 0 Å². The van der Waals surface area contributed by atoms with Gasteiger partial charge in [0.15, 0.2) is 6.73 Å². The standard InChI is InChI=1S/C14H18ClN3O/c1-8-5-12(6-9(2)13(8)15)19-7-18-11(4)14(16)10(3)17-18/h5-6H,7,16H2,1-4H3. The molecule has 0 saturated carbocycles. The molecule has 0 fully saturated rings. The van der Waals surface area contributed by atoms with E-state index in [0.717, 1.165) is 33.3 Å². The van der Waals surface area contributed by atoms with Crippen molar-refractivity contribution in [3.05, 3.63) is 39.7 Å². The number of hydrogen-bond donors (Lipinski definition) is 1. The van der Waals surface area contributed by atoms with Gasteiger partial charge >= 0.3 is 0 Å². The van der Waals surface area contributed by atoms with Crippen molar-refractivity contribution in [2.75, 3.05) is 5.73 Å². The average Bonchev–Trinajstić information content (AvgIpc) is 2.61. The molecule has 0 aliphatic rings. The molecule has 1 aromatic carbocycles. The van der Waals surface area contributed by atoms with Crippen LogP contribution in [0.4, 0.5) is 5.69 Å². The van der Waals surface area contributed by atoms with Crippen LogP contribution in [0.2, 0.25) is 5.02 Å². The number of aryl methyl sites for hydroxylation is 3. The Kier molecular flexibility index (Phi) is 3.71. The molecule has 4 nitrogen and oxygen atoms in total. The molecule has 0 radical (unpaired) electrons. The Bertz CT molecular complexity index is 596. The van der Waals surface area contributed by atoms with E-state index in [1.165, 1.54) is 0 Å². The van der Waals surface area contributed by atoms with Crippen molar-refractivity contribution in [2.24, 2.45) is 0 Å². The summed E-state index contributed by atoms with van der Waals surface area (Å²) in [5.74, 6) is 0.783. The fourth-order valence-electron chi connectivity index (χ4n) is 1.96. The molecule has 2 aromatic rings. The second-order valence-electron chi connectivity index (χ2n) is 4.73. The number of aromatic nitrogens is 2. The molecular formula is C14H18ClN3O. The molecule has 2 N–H and O–H groups in total. The van der Waals surface area contributed by atoms with Crippen LogP contribution in [0.25, 0.3) is 0 Å². The second kappa shape index (κ2) is 5.13. The first-order valence-electron chi connectivity index (χ1n) is 6.09. The minimum Gasteiger partial charge on any atom is -0.471 e. The number of ether oxygens (including phenoxy) is 1. The molecule has 102 valence electrons. The molecular weight excluding hydrogens is 262 g/mol. The van der Waals surface area contributed by atoms with Crippen LogP contribution in [0, 0.1) is 27.7 Å². The van der Waals surface area contributed by atoms with Crippen LogP contribution >= 0.6 is 11.6 Å². The highest BCUT2D eigenvalue weighted by atomic mass is 35.5. The summed E-state index contributed by atoms with van der Waals surface area (Å²) < 4.78 is 7.50. The van der Waals surface area contributed by atoms with Crippen LogP contribution in [0.5, 0.6) is 5.75 Å². The van der Waals surface area contributed by atoms with Crippen molar-refractivity contribution in [1.29, 1.82) is 0 Å². The molecule has 0 saturated heterocycles. The van der Waals surface area contributed by atoms with Gasteiger partial charge in [0.1, 0.15) is 5.75 Å². The fraction of sp³-hybridized carbons (Fsp3) is 0.357. The third kappa shape index (κ3) is 2.68. The van der Waals surface area contributed by atoms with E-state index in [9.17, 15) is 0 Å². The predicted octanol–water partition coefficient (Wildman–Crippen LogP) is 3.39. The lowest BCUT2D eigenvalue weighted by molar-refractivity contribution is 0.217. The van der Waals surface area contributed by atoms with Gasteiger partial charge in [0, 0.05) is 5.02 Å². The lowest BCUT2D eigenvalue weighted by Gasteiger charge is -2.11. The maximum atomic E-state index is 6.13.